The molecule has 1 aromatic heterocycles. The lowest BCUT2D eigenvalue weighted by molar-refractivity contribution is 0.457. The second-order valence-electron chi connectivity index (χ2n) is 6.49. The second kappa shape index (κ2) is 3.49. The van der Waals surface area contributed by atoms with Crippen LogP contribution in [0.3, 0.4) is 0 Å². The Morgan fingerprint density at radius 2 is 1.89 bits per heavy atom. The van der Waals surface area contributed by atoms with Crippen LogP contribution in [0.25, 0.3) is 11.0 Å². The van der Waals surface area contributed by atoms with E-state index in [1.54, 1.807) is 0 Å². The highest BCUT2D eigenvalue weighted by atomic mass is 32.1. The van der Waals surface area contributed by atoms with Crippen molar-refractivity contribution >= 4 is 23.3 Å². The Kier molecular flexibility index (Phi) is 2.28. The van der Waals surface area contributed by atoms with Crippen LogP contribution in [-0.2, 0) is 0 Å². The standard InChI is InChI=1S/C15H17N3S/c1-14(2)12(15(14,3)4)18-11-7-9(8-16)5-6-10(11)17-13(18)19/h5-7,12H,1-4H3,(H,17,19). The maximum Gasteiger partial charge on any atom is 0.178 e. The third kappa shape index (κ3) is 1.45. The Morgan fingerprint density at radius 1 is 1.26 bits per heavy atom. The molecule has 0 aliphatic heterocycles. The zero-order valence-electron chi connectivity index (χ0n) is 11.6. The molecule has 3 nitrogen and oxygen atoms in total. The van der Waals surface area contributed by atoms with Gasteiger partial charge in [-0.2, -0.15) is 5.26 Å². The van der Waals surface area contributed by atoms with Crippen LogP contribution in [0.15, 0.2) is 18.2 Å². The largest absolute Gasteiger partial charge is 0.331 e. The van der Waals surface area contributed by atoms with E-state index in [9.17, 15) is 0 Å². The van der Waals surface area contributed by atoms with Gasteiger partial charge in [0.25, 0.3) is 0 Å². The van der Waals surface area contributed by atoms with Crippen LogP contribution in [0.2, 0.25) is 0 Å². The van der Waals surface area contributed by atoms with Gasteiger partial charge in [-0.3, -0.25) is 0 Å². The van der Waals surface area contributed by atoms with Crippen molar-refractivity contribution in [2.24, 2.45) is 10.8 Å². The molecule has 1 heterocycles. The number of aromatic amines is 1. The molecule has 19 heavy (non-hydrogen) atoms. The lowest BCUT2D eigenvalue weighted by atomic mass is 10.0. The summed E-state index contributed by atoms with van der Waals surface area (Å²) in [6, 6.07) is 8.24. The van der Waals surface area contributed by atoms with E-state index in [1.807, 2.05) is 18.2 Å². The number of fused-ring (bicyclic) bond motifs is 1. The Morgan fingerprint density at radius 3 is 2.42 bits per heavy atom. The van der Waals surface area contributed by atoms with Crippen molar-refractivity contribution in [2.45, 2.75) is 33.7 Å². The van der Waals surface area contributed by atoms with E-state index in [-0.39, 0.29) is 10.8 Å². The molecule has 3 rings (SSSR count). The van der Waals surface area contributed by atoms with Crippen molar-refractivity contribution in [3.63, 3.8) is 0 Å². The van der Waals surface area contributed by atoms with Gasteiger partial charge in [-0.05, 0) is 41.2 Å². The molecular formula is C15H17N3S. The van der Waals surface area contributed by atoms with E-state index in [1.165, 1.54) is 0 Å². The lowest BCUT2D eigenvalue weighted by Crippen LogP contribution is -2.00. The minimum Gasteiger partial charge on any atom is -0.331 e. The third-order valence-electron chi connectivity index (χ3n) is 5.05. The van der Waals surface area contributed by atoms with Crippen LogP contribution in [0.4, 0.5) is 0 Å². The second-order valence-corrected chi connectivity index (χ2v) is 6.88. The molecule has 0 unspecified atom stereocenters. The fraction of sp³-hybridized carbons (Fsp3) is 0.467. The highest BCUT2D eigenvalue weighted by molar-refractivity contribution is 7.71. The van der Waals surface area contributed by atoms with Gasteiger partial charge in [0.1, 0.15) is 0 Å². The minimum atomic E-state index is 0.211. The van der Waals surface area contributed by atoms with Crippen LogP contribution in [-0.4, -0.2) is 9.55 Å². The fourth-order valence-corrected chi connectivity index (χ4v) is 3.57. The molecule has 2 aromatic rings. The summed E-state index contributed by atoms with van der Waals surface area (Å²) in [5, 5.41) is 9.06. The average molecular weight is 271 g/mol. The van der Waals surface area contributed by atoms with Gasteiger partial charge in [0, 0.05) is 6.04 Å². The number of aromatic nitrogens is 2. The fourth-order valence-electron chi connectivity index (χ4n) is 3.25. The summed E-state index contributed by atoms with van der Waals surface area (Å²) in [6.07, 6.45) is 0. The number of nitrogens with zero attached hydrogens (tertiary/aromatic N) is 2. The SMILES string of the molecule is CC1(C)C(n2c(=S)[nH]c3ccc(C#N)cc32)C1(C)C. The number of imidazole rings is 1. The Bertz CT molecular complexity index is 757. The van der Waals surface area contributed by atoms with E-state index >= 15 is 0 Å². The average Bonchev–Trinajstić information content (AvgIpc) is 2.63. The summed E-state index contributed by atoms with van der Waals surface area (Å²) >= 11 is 5.48. The summed E-state index contributed by atoms with van der Waals surface area (Å²) in [7, 11) is 0. The number of rotatable bonds is 1. The first kappa shape index (κ1) is 12.4. The topological polar surface area (TPSA) is 44.5 Å². The Balaban J connectivity index is 2.29. The number of benzene rings is 1. The molecule has 4 heteroatoms. The predicted molar refractivity (Wildman–Crippen MR) is 78.4 cm³/mol. The summed E-state index contributed by atoms with van der Waals surface area (Å²) in [6.45, 7) is 9.08. The van der Waals surface area contributed by atoms with Gasteiger partial charge in [-0.25, -0.2) is 0 Å². The first-order valence-electron chi connectivity index (χ1n) is 6.45. The molecule has 1 N–H and O–H groups in total. The van der Waals surface area contributed by atoms with Gasteiger partial charge in [0.05, 0.1) is 22.7 Å². The first-order chi connectivity index (χ1) is 8.80. The molecule has 0 saturated heterocycles. The van der Waals surface area contributed by atoms with Crippen LogP contribution < -0.4 is 0 Å². The summed E-state index contributed by atoms with van der Waals surface area (Å²) in [5.41, 5.74) is 3.13. The van der Waals surface area contributed by atoms with E-state index in [2.05, 4.69) is 43.3 Å². The molecule has 98 valence electrons. The maximum atomic E-state index is 9.06. The van der Waals surface area contributed by atoms with Gasteiger partial charge in [0.2, 0.25) is 0 Å². The molecule has 0 bridgehead atoms. The van der Waals surface area contributed by atoms with Crippen molar-refractivity contribution < 1.29 is 0 Å². The zero-order valence-corrected chi connectivity index (χ0v) is 12.4. The van der Waals surface area contributed by atoms with Gasteiger partial charge in [0.15, 0.2) is 4.77 Å². The smallest absolute Gasteiger partial charge is 0.178 e. The normalized spacial score (nSPS) is 20.4. The van der Waals surface area contributed by atoms with Gasteiger partial charge >= 0.3 is 0 Å². The van der Waals surface area contributed by atoms with E-state index in [4.69, 9.17) is 17.5 Å². The van der Waals surface area contributed by atoms with Gasteiger partial charge in [-0.15, -0.1) is 0 Å². The maximum absolute atomic E-state index is 9.06. The van der Waals surface area contributed by atoms with Gasteiger partial charge in [-0.1, -0.05) is 27.7 Å². The molecule has 1 aliphatic carbocycles. The lowest BCUT2D eigenvalue weighted by Gasteiger charge is -2.06. The molecule has 1 fully saturated rings. The highest BCUT2D eigenvalue weighted by Crippen LogP contribution is 2.71. The van der Waals surface area contributed by atoms with Gasteiger partial charge < -0.3 is 9.55 Å². The van der Waals surface area contributed by atoms with E-state index in [0.29, 0.717) is 11.6 Å². The predicted octanol–water partition coefficient (Wildman–Crippen LogP) is 4.18. The van der Waals surface area contributed by atoms with Crippen LogP contribution in [0, 0.1) is 26.9 Å². The van der Waals surface area contributed by atoms with Crippen LogP contribution in [0.5, 0.6) is 0 Å². The van der Waals surface area contributed by atoms with Crippen LogP contribution >= 0.6 is 12.2 Å². The molecule has 1 saturated carbocycles. The van der Waals surface area contributed by atoms with Crippen molar-refractivity contribution in [2.75, 3.05) is 0 Å². The number of H-pyrrole nitrogens is 1. The number of nitriles is 1. The van der Waals surface area contributed by atoms with Crippen molar-refractivity contribution in [3.8, 4) is 6.07 Å². The molecule has 1 aliphatic rings. The number of nitrogens with one attached hydrogen (secondary N) is 1. The van der Waals surface area contributed by atoms with Crippen molar-refractivity contribution in [1.29, 1.82) is 5.26 Å². The molecule has 0 radical (unpaired) electrons. The number of hydrogen-bond acceptors (Lipinski definition) is 2. The summed E-state index contributed by atoms with van der Waals surface area (Å²) in [4.78, 5) is 3.24. The molecular weight excluding hydrogens is 254 g/mol. The van der Waals surface area contributed by atoms with Crippen molar-refractivity contribution in [1.82, 2.24) is 9.55 Å². The molecule has 1 aromatic carbocycles. The molecule has 0 spiro atoms. The summed E-state index contributed by atoms with van der Waals surface area (Å²) in [5.74, 6) is 0. The summed E-state index contributed by atoms with van der Waals surface area (Å²) < 4.78 is 2.93. The minimum absolute atomic E-state index is 0.211. The van der Waals surface area contributed by atoms with E-state index < -0.39 is 0 Å². The Labute approximate surface area is 117 Å². The Hall–Kier alpha value is -1.60. The quantitative estimate of drug-likeness (QED) is 0.791. The van der Waals surface area contributed by atoms with E-state index in [0.717, 1.165) is 15.8 Å². The zero-order chi connectivity index (χ0) is 14.0. The third-order valence-corrected chi connectivity index (χ3v) is 5.35. The van der Waals surface area contributed by atoms with Crippen molar-refractivity contribution in [3.05, 3.63) is 28.5 Å². The molecule has 0 amide bonds. The monoisotopic (exact) mass is 271 g/mol. The number of hydrogen-bond donors (Lipinski definition) is 1. The highest BCUT2D eigenvalue weighted by Gasteiger charge is 2.66. The van der Waals surface area contributed by atoms with Crippen LogP contribution in [0.1, 0.15) is 39.3 Å². The first-order valence-corrected chi connectivity index (χ1v) is 6.86. The molecule has 0 atom stereocenters.